The van der Waals surface area contributed by atoms with Gasteiger partial charge in [0.15, 0.2) is 0 Å². The molecule has 3 aromatic rings. The smallest absolute Gasteiger partial charge is 0.129 e. The van der Waals surface area contributed by atoms with E-state index >= 15 is 0 Å². The van der Waals surface area contributed by atoms with Gasteiger partial charge in [-0.3, -0.25) is 0 Å². The van der Waals surface area contributed by atoms with E-state index in [9.17, 15) is 0 Å². The van der Waals surface area contributed by atoms with Crippen molar-refractivity contribution in [2.24, 2.45) is 0 Å². The van der Waals surface area contributed by atoms with Crippen molar-refractivity contribution < 1.29 is 0 Å². The van der Waals surface area contributed by atoms with Gasteiger partial charge in [-0.15, -0.1) is 0 Å². The van der Waals surface area contributed by atoms with Gasteiger partial charge in [-0.2, -0.15) is 15.0 Å². The maximum atomic E-state index is 4.35. The second-order valence-electron chi connectivity index (χ2n) is 4.62. The molecule has 0 N–H and O–H groups in total. The van der Waals surface area contributed by atoms with Crippen LogP contribution in [0.3, 0.4) is 0 Å². The van der Waals surface area contributed by atoms with E-state index < -0.39 is 5.54 Å². The van der Waals surface area contributed by atoms with Crippen molar-refractivity contribution in [3.63, 3.8) is 0 Å². The van der Waals surface area contributed by atoms with Crippen molar-refractivity contribution in [1.82, 2.24) is 15.0 Å². The van der Waals surface area contributed by atoms with Crippen LogP contribution in [0, 0.1) is 0 Å². The summed E-state index contributed by atoms with van der Waals surface area (Å²) < 4.78 is 0. The van der Waals surface area contributed by atoms with Gasteiger partial charge >= 0.3 is 0 Å². The Morgan fingerprint density at radius 3 is 1.58 bits per heavy atom. The Morgan fingerprint density at radius 2 is 1.16 bits per heavy atom. The lowest BCUT2D eigenvalue weighted by atomic mass is 9.85. The molecule has 0 saturated carbocycles. The molecule has 0 amide bonds. The van der Waals surface area contributed by atoms with E-state index in [-0.39, 0.29) is 0 Å². The first kappa shape index (κ1) is 11.7. The fraction of sp³-hybridized carbons (Fsp3) is 0.125. The molecule has 0 fully saturated rings. The number of rotatable bonds is 3. The Kier molecular flexibility index (Phi) is 2.88. The lowest BCUT2D eigenvalue weighted by Gasteiger charge is -2.29. The number of aromatic nitrogens is 3. The highest BCUT2D eigenvalue weighted by atomic mass is 15.5. The summed E-state index contributed by atoms with van der Waals surface area (Å²) in [6.45, 7) is 2.14. The van der Waals surface area contributed by atoms with Crippen molar-refractivity contribution in [3.8, 4) is 0 Å². The molecule has 0 saturated heterocycles. The third kappa shape index (κ3) is 1.93. The van der Waals surface area contributed by atoms with E-state index in [0.29, 0.717) is 0 Å². The van der Waals surface area contributed by atoms with Crippen LogP contribution >= 0.6 is 0 Å². The molecular formula is C16H15N3. The Morgan fingerprint density at radius 1 is 0.737 bits per heavy atom. The quantitative estimate of drug-likeness (QED) is 0.714. The molecule has 0 unspecified atom stereocenters. The summed E-state index contributed by atoms with van der Waals surface area (Å²) in [5.41, 5.74) is 1.93. The van der Waals surface area contributed by atoms with Crippen LogP contribution < -0.4 is 0 Å². The standard InChI is InChI=1S/C16H15N3/c1-16(19-17-12-13-18-19,14-8-4-2-5-9-14)15-10-6-3-7-11-15/h2-13H,1H3. The lowest BCUT2D eigenvalue weighted by Crippen LogP contribution is -2.34. The zero-order chi connectivity index (χ0) is 13.1. The first-order valence-corrected chi connectivity index (χ1v) is 6.29. The van der Waals surface area contributed by atoms with Crippen molar-refractivity contribution in [2.75, 3.05) is 0 Å². The lowest BCUT2D eigenvalue weighted by molar-refractivity contribution is 0.374. The second-order valence-corrected chi connectivity index (χ2v) is 4.62. The number of hydrogen-bond acceptors (Lipinski definition) is 2. The highest BCUT2D eigenvalue weighted by Gasteiger charge is 2.32. The van der Waals surface area contributed by atoms with E-state index in [1.165, 1.54) is 0 Å². The Hall–Kier alpha value is -2.42. The van der Waals surface area contributed by atoms with Gasteiger partial charge in [0.25, 0.3) is 0 Å². The van der Waals surface area contributed by atoms with E-state index in [4.69, 9.17) is 0 Å². The van der Waals surface area contributed by atoms with Gasteiger partial charge in [0.2, 0.25) is 0 Å². The van der Waals surface area contributed by atoms with Gasteiger partial charge in [0, 0.05) is 0 Å². The van der Waals surface area contributed by atoms with Crippen molar-refractivity contribution in [3.05, 3.63) is 84.2 Å². The number of hydrogen-bond donors (Lipinski definition) is 0. The normalized spacial score (nSPS) is 11.4. The molecule has 0 aliphatic carbocycles. The summed E-state index contributed by atoms with van der Waals surface area (Å²) in [7, 11) is 0. The molecule has 0 aliphatic rings. The van der Waals surface area contributed by atoms with Crippen LogP contribution in [0.5, 0.6) is 0 Å². The molecule has 2 aromatic carbocycles. The maximum Gasteiger partial charge on any atom is 0.129 e. The third-order valence-corrected chi connectivity index (χ3v) is 3.49. The van der Waals surface area contributed by atoms with Gasteiger partial charge < -0.3 is 0 Å². The summed E-state index contributed by atoms with van der Waals surface area (Å²) in [5.74, 6) is 0. The van der Waals surface area contributed by atoms with Gasteiger partial charge in [-0.25, -0.2) is 0 Å². The van der Waals surface area contributed by atoms with Crippen LogP contribution in [-0.4, -0.2) is 15.0 Å². The minimum absolute atomic E-state index is 0.397. The predicted octanol–water partition coefficient (Wildman–Crippen LogP) is 3.09. The molecule has 0 radical (unpaired) electrons. The Balaban J connectivity index is 2.23. The molecule has 1 aromatic heterocycles. The highest BCUT2D eigenvalue weighted by Crippen LogP contribution is 2.31. The van der Waals surface area contributed by atoms with Gasteiger partial charge in [-0.05, 0) is 18.1 Å². The molecule has 3 nitrogen and oxygen atoms in total. The van der Waals surface area contributed by atoms with Crippen molar-refractivity contribution >= 4 is 0 Å². The first-order valence-electron chi connectivity index (χ1n) is 6.29. The first-order chi connectivity index (χ1) is 9.32. The van der Waals surface area contributed by atoms with Gasteiger partial charge in [0.1, 0.15) is 5.54 Å². The molecule has 3 rings (SSSR count). The van der Waals surface area contributed by atoms with Crippen LogP contribution in [0.4, 0.5) is 0 Å². The Bertz CT molecular complexity index is 591. The van der Waals surface area contributed by atoms with Crippen LogP contribution in [0.2, 0.25) is 0 Å². The molecule has 19 heavy (non-hydrogen) atoms. The molecule has 0 atom stereocenters. The van der Waals surface area contributed by atoms with E-state index in [1.54, 1.807) is 17.2 Å². The zero-order valence-electron chi connectivity index (χ0n) is 10.8. The summed E-state index contributed by atoms with van der Waals surface area (Å²) in [6.07, 6.45) is 3.42. The average Bonchev–Trinajstić information content (AvgIpc) is 3.03. The van der Waals surface area contributed by atoms with Crippen LogP contribution in [0.25, 0.3) is 0 Å². The van der Waals surface area contributed by atoms with Crippen LogP contribution in [0.15, 0.2) is 73.1 Å². The Labute approximate surface area is 112 Å². The highest BCUT2D eigenvalue weighted by molar-refractivity contribution is 5.37. The summed E-state index contributed by atoms with van der Waals surface area (Å²) in [4.78, 5) is 1.76. The van der Waals surface area contributed by atoms with Crippen LogP contribution in [-0.2, 0) is 5.54 Å². The summed E-state index contributed by atoms with van der Waals surface area (Å²) >= 11 is 0. The summed E-state index contributed by atoms with van der Waals surface area (Å²) in [6, 6.07) is 20.6. The molecule has 94 valence electrons. The van der Waals surface area contributed by atoms with E-state index in [0.717, 1.165) is 11.1 Å². The zero-order valence-corrected chi connectivity index (χ0v) is 10.8. The fourth-order valence-electron chi connectivity index (χ4n) is 2.37. The minimum Gasteiger partial charge on any atom is -0.170 e. The number of nitrogens with zero attached hydrogens (tertiary/aromatic N) is 3. The third-order valence-electron chi connectivity index (χ3n) is 3.49. The predicted molar refractivity (Wildman–Crippen MR) is 74.8 cm³/mol. The van der Waals surface area contributed by atoms with E-state index in [2.05, 4.69) is 41.4 Å². The minimum atomic E-state index is -0.397. The molecule has 0 bridgehead atoms. The average molecular weight is 249 g/mol. The fourth-order valence-corrected chi connectivity index (χ4v) is 2.37. The molecular weight excluding hydrogens is 234 g/mol. The van der Waals surface area contributed by atoms with Crippen molar-refractivity contribution in [1.29, 1.82) is 0 Å². The molecule has 1 heterocycles. The monoisotopic (exact) mass is 249 g/mol. The largest absolute Gasteiger partial charge is 0.170 e. The van der Waals surface area contributed by atoms with Gasteiger partial charge in [-0.1, -0.05) is 60.7 Å². The SMILES string of the molecule is CC(c1ccccc1)(c1ccccc1)n1nccn1. The second kappa shape index (κ2) is 4.69. The molecule has 0 aliphatic heterocycles. The van der Waals surface area contributed by atoms with Crippen molar-refractivity contribution in [2.45, 2.75) is 12.5 Å². The topological polar surface area (TPSA) is 30.7 Å². The van der Waals surface area contributed by atoms with Gasteiger partial charge in [0.05, 0.1) is 12.4 Å². The number of benzene rings is 2. The maximum absolute atomic E-state index is 4.35. The molecule has 0 spiro atoms. The van der Waals surface area contributed by atoms with Crippen LogP contribution in [0.1, 0.15) is 18.1 Å². The van der Waals surface area contributed by atoms with E-state index in [1.807, 2.05) is 36.4 Å². The summed E-state index contributed by atoms with van der Waals surface area (Å²) in [5, 5.41) is 8.69. The molecule has 3 heteroatoms.